The number of hydrogen-bond acceptors (Lipinski definition) is 3. The van der Waals surface area contributed by atoms with Crippen LogP contribution in [0.2, 0.25) is 0 Å². The minimum absolute atomic E-state index is 0.452. The summed E-state index contributed by atoms with van der Waals surface area (Å²) in [6, 6.07) is 5.60. The van der Waals surface area contributed by atoms with Crippen LogP contribution in [0.1, 0.15) is 5.56 Å². The molecule has 1 aliphatic rings. The first-order chi connectivity index (χ1) is 5.75. The van der Waals surface area contributed by atoms with E-state index >= 15 is 0 Å². The van der Waals surface area contributed by atoms with Crippen LogP contribution in [-0.2, 0) is 6.42 Å². The number of nitrogens with two attached hydrogens (primary N) is 2. The largest absolute Gasteiger partial charge is 0.442 e. The molecule has 0 saturated carbocycles. The van der Waals surface area contributed by atoms with E-state index in [2.05, 4.69) is 0 Å². The summed E-state index contributed by atoms with van der Waals surface area (Å²) >= 11 is 0. The van der Waals surface area contributed by atoms with Gasteiger partial charge >= 0.3 is 0 Å². The van der Waals surface area contributed by atoms with E-state index in [0.29, 0.717) is 11.6 Å². The maximum atomic E-state index is 5.59. The predicted molar refractivity (Wildman–Crippen MR) is 47.5 cm³/mol. The Morgan fingerprint density at radius 1 is 1.25 bits per heavy atom. The molecule has 0 unspecified atom stereocenters. The highest BCUT2D eigenvalue weighted by Crippen LogP contribution is 2.26. The smallest absolute Gasteiger partial charge is 0.187 e. The van der Waals surface area contributed by atoms with Crippen LogP contribution >= 0.6 is 0 Å². The molecule has 0 fully saturated rings. The molecule has 0 spiro atoms. The lowest BCUT2D eigenvalue weighted by Crippen LogP contribution is -2.11. The third kappa shape index (κ3) is 1.09. The van der Waals surface area contributed by atoms with Gasteiger partial charge in [0.15, 0.2) is 5.88 Å². The SMILES string of the molecule is NC1=CCc2ccc(N)cc2O1. The van der Waals surface area contributed by atoms with Gasteiger partial charge in [0.25, 0.3) is 0 Å². The molecule has 0 atom stereocenters. The average Bonchev–Trinajstić information content (AvgIpc) is 2.03. The summed E-state index contributed by atoms with van der Waals surface area (Å²) in [6.07, 6.45) is 2.67. The lowest BCUT2D eigenvalue weighted by molar-refractivity contribution is 0.404. The van der Waals surface area contributed by atoms with Gasteiger partial charge in [-0.1, -0.05) is 6.07 Å². The monoisotopic (exact) mass is 162 g/mol. The molecular weight excluding hydrogens is 152 g/mol. The Morgan fingerprint density at radius 3 is 2.92 bits per heavy atom. The van der Waals surface area contributed by atoms with Crippen molar-refractivity contribution in [3.63, 3.8) is 0 Å². The molecule has 62 valence electrons. The summed E-state index contributed by atoms with van der Waals surface area (Å²) in [5.74, 6) is 1.23. The van der Waals surface area contributed by atoms with Gasteiger partial charge in [-0.15, -0.1) is 0 Å². The molecule has 0 aliphatic carbocycles. The van der Waals surface area contributed by atoms with Crippen LogP contribution < -0.4 is 16.2 Å². The van der Waals surface area contributed by atoms with Crippen molar-refractivity contribution in [1.82, 2.24) is 0 Å². The maximum absolute atomic E-state index is 5.59. The van der Waals surface area contributed by atoms with Crippen LogP contribution in [0.4, 0.5) is 5.69 Å². The Kier molecular flexibility index (Phi) is 1.43. The van der Waals surface area contributed by atoms with Crippen molar-refractivity contribution in [1.29, 1.82) is 0 Å². The van der Waals surface area contributed by atoms with Crippen molar-refractivity contribution < 1.29 is 4.74 Å². The minimum atomic E-state index is 0.452. The molecule has 3 heteroatoms. The van der Waals surface area contributed by atoms with Gasteiger partial charge in [-0.2, -0.15) is 0 Å². The molecule has 12 heavy (non-hydrogen) atoms. The van der Waals surface area contributed by atoms with E-state index in [4.69, 9.17) is 16.2 Å². The van der Waals surface area contributed by atoms with Crippen molar-refractivity contribution in [2.75, 3.05) is 5.73 Å². The van der Waals surface area contributed by atoms with E-state index in [1.54, 1.807) is 6.07 Å². The first-order valence-electron chi connectivity index (χ1n) is 3.77. The Morgan fingerprint density at radius 2 is 2.08 bits per heavy atom. The number of anilines is 1. The second-order valence-corrected chi connectivity index (χ2v) is 2.78. The van der Waals surface area contributed by atoms with Gasteiger partial charge in [-0.3, -0.25) is 0 Å². The highest BCUT2D eigenvalue weighted by atomic mass is 16.5. The maximum Gasteiger partial charge on any atom is 0.187 e. The lowest BCUT2D eigenvalue weighted by atomic mass is 10.1. The second kappa shape index (κ2) is 2.44. The summed E-state index contributed by atoms with van der Waals surface area (Å²) in [5.41, 5.74) is 12.9. The summed E-state index contributed by atoms with van der Waals surface area (Å²) in [7, 11) is 0. The van der Waals surface area contributed by atoms with E-state index in [0.717, 1.165) is 17.7 Å². The van der Waals surface area contributed by atoms with Gasteiger partial charge in [0.1, 0.15) is 5.75 Å². The molecule has 0 radical (unpaired) electrons. The first-order valence-corrected chi connectivity index (χ1v) is 3.77. The molecule has 0 aromatic heterocycles. The summed E-state index contributed by atoms with van der Waals surface area (Å²) < 4.78 is 5.27. The van der Waals surface area contributed by atoms with Crippen LogP contribution in [0.3, 0.4) is 0 Å². The Hall–Kier alpha value is -1.64. The third-order valence-corrected chi connectivity index (χ3v) is 1.84. The average molecular weight is 162 g/mol. The second-order valence-electron chi connectivity index (χ2n) is 2.78. The van der Waals surface area contributed by atoms with Gasteiger partial charge in [-0.05, 0) is 24.1 Å². The van der Waals surface area contributed by atoms with E-state index < -0.39 is 0 Å². The van der Waals surface area contributed by atoms with Gasteiger partial charge in [-0.25, -0.2) is 0 Å². The molecule has 2 rings (SSSR count). The quantitative estimate of drug-likeness (QED) is 0.559. The van der Waals surface area contributed by atoms with Crippen molar-refractivity contribution in [2.45, 2.75) is 6.42 Å². The molecule has 0 bridgehead atoms. The van der Waals surface area contributed by atoms with Gasteiger partial charge in [0, 0.05) is 11.8 Å². The van der Waals surface area contributed by atoms with Crippen LogP contribution in [0.25, 0.3) is 0 Å². The van der Waals surface area contributed by atoms with E-state index in [1.165, 1.54) is 0 Å². The zero-order chi connectivity index (χ0) is 8.55. The van der Waals surface area contributed by atoms with Crippen molar-refractivity contribution in [3.05, 3.63) is 35.7 Å². The van der Waals surface area contributed by atoms with Crippen molar-refractivity contribution in [2.24, 2.45) is 5.73 Å². The highest BCUT2D eigenvalue weighted by Gasteiger charge is 2.09. The zero-order valence-corrected chi connectivity index (χ0v) is 6.58. The number of fused-ring (bicyclic) bond motifs is 1. The number of nitrogen functional groups attached to an aromatic ring is 1. The van der Waals surface area contributed by atoms with E-state index in [1.807, 2.05) is 18.2 Å². The molecule has 1 aliphatic heterocycles. The van der Waals surface area contributed by atoms with Crippen molar-refractivity contribution >= 4 is 5.69 Å². The first kappa shape index (κ1) is 7.03. The van der Waals surface area contributed by atoms with Crippen LogP contribution in [0.15, 0.2) is 30.2 Å². The molecule has 3 nitrogen and oxygen atoms in total. The van der Waals surface area contributed by atoms with Gasteiger partial charge in [0.05, 0.1) is 0 Å². The topological polar surface area (TPSA) is 61.3 Å². The third-order valence-electron chi connectivity index (χ3n) is 1.84. The molecule has 1 aromatic rings. The molecule has 1 heterocycles. The van der Waals surface area contributed by atoms with Crippen LogP contribution in [0.5, 0.6) is 5.75 Å². The number of benzene rings is 1. The fraction of sp³-hybridized carbons (Fsp3) is 0.111. The Labute approximate surface area is 70.6 Å². The summed E-state index contributed by atoms with van der Waals surface area (Å²) in [6.45, 7) is 0. The highest BCUT2D eigenvalue weighted by molar-refractivity contribution is 5.50. The fourth-order valence-electron chi connectivity index (χ4n) is 1.21. The van der Waals surface area contributed by atoms with Crippen molar-refractivity contribution in [3.8, 4) is 5.75 Å². The number of hydrogen-bond donors (Lipinski definition) is 2. The molecule has 1 aromatic carbocycles. The van der Waals surface area contributed by atoms with Gasteiger partial charge < -0.3 is 16.2 Å². The minimum Gasteiger partial charge on any atom is -0.442 e. The molecule has 4 N–H and O–H groups in total. The summed E-state index contributed by atoms with van der Waals surface area (Å²) in [5, 5.41) is 0. The van der Waals surface area contributed by atoms with Crippen LogP contribution in [-0.4, -0.2) is 0 Å². The Balaban J connectivity index is 2.43. The molecule has 0 saturated heterocycles. The normalized spacial score (nSPS) is 14.5. The lowest BCUT2D eigenvalue weighted by Gasteiger charge is -2.15. The fourth-order valence-corrected chi connectivity index (χ4v) is 1.21. The predicted octanol–water partition coefficient (Wildman–Crippen LogP) is 1.00. The zero-order valence-electron chi connectivity index (χ0n) is 6.58. The number of rotatable bonds is 0. The molecule has 0 amide bonds. The number of ether oxygens (including phenoxy) is 1. The van der Waals surface area contributed by atoms with E-state index in [9.17, 15) is 0 Å². The molecular formula is C9H10N2O. The standard InChI is InChI=1S/C9H10N2O/c10-7-3-1-6-2-4-9(11)12-8(6)5-7/h1,3-5H,2,10-11H2. The van der Waals surface area contributed by atoms with Crippen LogP contribution in [0, 0.1) is 0 Å². The van der Waals surface area contributed by atoms with E-state index in [-0.39, 0.29) is 0 Å². The Bertz CT molecular complexity index is 344. The van der Waals surface area contributed by atoms with Gasteiger partial charge in [0.2, 0.25) is 0 Å². The number of allylic oxidation sites excluding steroid dienone is 1. The summed E-state index contributed by atoms with van der Waals surface area (Å²) in [4.78, 5) is 0.